The van der Waals surface area contributed by atoms with Crippen molar-refractivity contribution in [3.8, 4) is 0 Å². The van der Waals surface area contributed by atoms with Crippen molar-refractivity contribution in [2.45, 2.75) is 26.3 Å². The maximum absolute atomic E-state index is 11.3. The van der Waals surface area contributed by atoms with Crippen LogP contribution in [0.15, 0.2) is 12.4 Å². The van der Waals surface area contributed by atoms with Crippen molar-refractivity contribution in [3.05, 3.63) is 18.0 Å². The van der Waals surface area contributed by atoms with Crippen molar-refractivity contribution in [3.63, 3.8) is 0 Å². The van der Waals surface area contributed by atoms with Crippen molar-refractivity contribution in [2.24, 2.45) is 5.92 Å². The fourth-order valence-corrected chi connectivity index (χ4v) is 1.88. The Balaban J connectivity index is 2.19. The molecule has 1 saturated heterocycles. The minimum absolute atomic E-state index is 0.0736. The lowest BCUT2D eigenvalue weighted by atomic mass is 9.92. The van der Waals surface area contributed by atoms with Crippen LogP contribution in [-0.2, 0) is 11.3 Å². The third-order valence-corrected chi connectivity index (χ3v) is 2.92. The number of hydrogen-bond acceptors (Lipinski definition) is 2. The molecular weight excluding hydrogens is 178 g/mol. The fraction of sp³-hybridized carbons (Fsp3) is 0.600. The van der Waals surface area contributed by atoms with E-state index in [1.807, 2.05) is 24.0 Å². The number of hydrogen-bond donors (Lipinski definition) is 1. The molecule has 2 unspecified atom stereocenters. The first-order valence-corrected chi connectivity index (χ1v) is 5.02. The monoisotopic (exact) mass is 193 g/mol. The molecule has 1 aliphatic heterocycles. The van der Waals surface area contributed by atoms with E-state index in [-0.39, 0.29) is 11.8 Å². The number of aryl methyl sites for hydroxylation is 1. The van der Waals surface area contributed by atoms with E-state index in [0.717, 1.165) is 18.7 Å². The fourth-order valence-electron chi connectivity index (χ4n) is 1.88. The number of rotatable bonds is 2. The minimum Gasteiger partial charge on any atom is -0.355 e. The Morgan fingerprint density at radius 2 is 2.50 bits per heavy atom. The van der Waals surface area contributed by atoms with E-state index in [2.05, 4.69) is 17.3 Å². The molecule has 0 spiro atoms. The standard InChI is InChI=1S/C10H15N3O/c1-3-13-6-8(4-12-13)9-5-11-10(14)7(9)2/h4,6-7,9H,3,5H2,1-2H3,(H,11,14). The van der Waals surface area contributed by atoms with Gasteiger partial charge < -0.3 is 5.32 Å². The number of nitrogens with one attached hydrogen (secondary N) is 1. The Hall–Kier alpha value is -1.32. The maximum Gasteiger partial charge on any atom is 0.223 e. The van der Waals surface area contributed by atoms with E-state index in [1.165, 1.54) is 0 Å². The highest BCUT2D eigenvalue weighted by Gasteiger charge is 2.32. The molecule has 1 aliphatic rings. The average molecular weight is 193 g/mol. The van der Waals surface area contributed by atoms with Crippen molar-refractivity contribution < 1.29 is 4.79 Å². The SMILES string of the molecule is CCn1cc(C2CNC(=O)C2C)cn1. The molecular formula is C10H15N3O. The smallest absolute Gasteiger partial charge is 0.223 e. The summed E-state index contributed by atoms with van der Waals surface area (Å²) in [5.41, 5.74) is 1.16. The molecule has 1 N–H and O–H groups in total. The lowest BCUT2D eigenvalue weighted by molar-refractivity contribution is -0.122. The van der Waals surface area contributed by atoms with Crippen LogP contribution in [0.3, 0.4) is 0 Å². The molecule has 0 bridgehead atoms. The van der Waals surface area contributed by atoms with Gasteiger partial charge in [-0.3, -0.25) is 9.48 Å². The quantitative estimate of drug-likeness (QED) is 0.753. The molecule has 1 amide bonds. The van der Waals surface area contributed by atoms with Crippen LogP contribution in [0.1, 0.15) is 25.3 Å². The first-order valence-electron chi connectivity index (χ1n) is 5.02. The molecule has 4 heteroatoms. The molecule has 0 aromatic carbocycles. The lowest BCUT2D eigenvalue weighted by Crippen LogP contribution is -2.16. The van der Waals surface area contributed by atoms with Crippen LogP contribution in [0, 0.1) is 5.92 Å². The van der Waals surface area contributed by atoms with Crippen LogP contribution < -0.4 is 5.32 Å². The largest absolute Gasteiger partial charge is 0.355 e. The highest BCUT2D eigenvalue weighted by atomic mass is 16.2. The zero-order valence-corrected chi connectivity index (χ0v) is 8.53. The van der Waals surface area contributed by atoms with Crippen molar-refractivity contribution in [2.75, 3.05) is 6.54 Å². The van der Waals surface area contributed by atoms with Gasteiger partial charge in [0.05, 0.1) is 6.20 Å². The van der Waals surface area contributed by atoms with Gasteiger partial charge in [0, 0.05) is 31.1 Å². The van der Waals surface area contributed by atoms with Crippen LogP contribution in [0.2, 0.25) is 0 Å². The molecule has 0 aliphatic carbocycles. The zero-order chi connectivity index (χ0) is 10.1. The summed E-state index contributed by atoms with van der Waals surface area (Å²) < 4.78 is 1.89. The summed E-state index contributed by atoms with van der Waals surface area (Å²) >= 11 is 0. The summed E-state index contributed by atoms with van der Waals surface area (Å²) in [5.74, 6) is 0.520. The Morgan fingerprint density at radius 3 is 3.00 bits per heavy atom. The second-order valence-corrected chi connectivity index (χ2v) is 3.77. The van der Waals surface area contributed by atoms with E-state index >= 15 is 0 Å². The van der Waals surface area contributed by atoms with Crippen LogP contribution in [0.4, 0.5) is 0 Å². The summed E-state index contributed by atoms with van der Waals surface area (Å²) in [6.45, 7) is 5.65. The van der Waals surface area contributed by atoms with Crippen molar-refractivity contribution in [1.29, 1.82) is 0 Å². The highest BCUT2D eigenvalue weighted by molar-refractivity contribution is 5.81. The van der Waals surface area contributed by atoms with Gasteiger partial charge in [0.1, 0.15) is 0 Å². The van der Waals surface area contributed by atoms with Gasteiger partial charge in [-0.2, -0.15) is 5.10 Å². The number of carbonyl (C=O) groups excluding carboxylic acids is 1. The molecule has 0 saturated carbocycles. The van der Waals surface area contributed by atoms with Gasteiger partial charge >= 0.3 is 0 Å². The van der Waals surface area contributed by atoms with Gasteiger partial charge in [0.15, 0.2) is 0 Å². The second-order valence-electron chi connectivity index (χ2n) is 3.77. The van der Waals surface area contributed by atoms with E-state index in [4.69, 9.17) is 0 Å². The van der Waals surface area contributed by atoms with Gasteiger partial charge in [-0.1, -0.05) is 6.92 Å². The molecule has 2 rings (SSSR count). The topological polar surface area (TPSA) is 46.9 Å². The lowest BCUT2D eigenvalue weighted by Gasteiger charge is -2.08. The predicted molar refractivity (Wildman–Crippen MR) is 52.8 cm³/mol. The Kier molecular flexibility index (Phi) is 2.27. The zero-order valence-electron chi connectivity index (χ0n) is 8.53. The van der Waals surface area contributed by atoms with Gasteiger partial charge in [-0.25, -0.2) is 0 Å². The third-order valence-electron chi connectivity index (χ3n) is 2.92. The number of aromatic nitrogens is 2. The summed E-state index contributed by atoms with van der Waals surface area (Å²) in [6, 6.07) is 0. The Morgan fingerprint density at radius 1 is 1.71 bits per heavy atom. The number of carbonyl (C=O) groups is 1. The normalized spacial score (nSPS) is 26.6. The average Bonchev–Trinajstić information content (AvgIpc) is 2.75. The van der Waals surface area contributed by atoms with Crippen LogP contribution in [0.5, 0.6) is 0 Å². The van der Waals surface area contributed by atoms with Crippen LogP contribution in [0.25, 0.3) is 0 Å². The van der Waals surface area contributed by atoms with Gasteiger partial charge in [0.2, 0.25) is 5.91 Å². The molecule has 1 aromatic rings. The second kappa shape index (κ2) is 3.44. The molecule has 14 heavy (non-hydrogen) atoms. The highest BCUT2D eigenvalue weighted by Crippen LogP contribution is 2.27. The molecule has 2 atom stereocenters. The first kappa shape index (κ1) is 9.24. The third kappa shape index (κ3) is 1.41. The predicted octanol–water partition coefficient (Wildman–Crippen LogP) is 0.752. The summed E-state index contributed by atoms with van der Waals surface area (Å²) in [5, 5.41) is 7.09. The van der Waals surface area contributed by atoms with Gasteiger partial charge in [-0.15, -0.1) is 0 Å². The first-order chi connectivity index (χ1) is 6.72. The molecule has 1 fully saturated rings. The maximum atomic E-state index is 11.3. The van der Waals surface area contributed by atoms with Crippen LogP contribution in [-0.4, -0.2) is 22.2 Å². The van der Waals surface area contributed by atoms with E-state index in [0.29, 0.717) is 5.92 Å². The number of amides is 1. The van der Waals surface area contributed by atoms with E-state index < -0.39 is 0 Å². The van der Waals surface area contributed by atoms with E-state index in [1.54, 1.807) is 0 Å². The summed E-state index contributed by atoms with van der Waals surface area (Å²) in [4.78, 5) is 11.3. The number of nitrogens with zero attached hydrogens (tertiary/aromatic N) is 2. The summed E-state index contributed by atoms with van der Waals surface area (Å²) in [7, 11) is 0. The van der Waals surface area contributed by atoms with Crippen molar-refractivity contribution >= 4 is 5.91 Å². The molecule has 76 valence electrons. The van der Waals surface area contributed by atoms with Crippen LogP contribution >= 0.6 is 0 Å². The minimum atomic E-state index is 0.0736. The van der Waals surface area contributed by atoms with Gasteiger partial charge in [-0.05, 0) is 12.5 Å². The summed E-state index contributed by atoms with van der Waals surface area (Å²) in [6.07, 6.45) is 3.90. The molecule has 0 radical (unpaired) electrons. The van der Waals surface area contributed by atoms with E-state index in [9.17, 15) is 4.79 Å². The van der Waals surface area contributed by atoms with Crippen molar-refractivity contribution in [1.82, 2.24) is 15.1 Å². The molecule has 1 aromatic heterocycles. The Bertz CT molecular complexity index is 345. The molecule has 2 heterocycles. The Labute approximate surface area is 83.3 Å². The molecule has 4 nitrogen and oxygen atoms in total. The van der Waals surface area contributed by atoms with Gasteiger partial charge in [0.25, 0.3) is 0 Å².